The summed E-state index contributed by atoms with van der Waals surface area (Å²) in [6.45, 7) is 24.1. The number of benzene rings is 10. The van der Waals surface area contributed by atoms with Crippen LogP contribution in [0.1, 0.15) is 16.7 Å². The van der Waals surface area contributed by atoms with Crippen molar-refractivity contribution in [2.45, 2.75) is 6.18 Å². The summed E-state index contributed by atoms with van der Waals surface area (Å²) in [5, 5.41) is 23.6. The summed E-state index contributed by atoms with van der Waals surface area (Å²) in [4.78, 5) is 11.4. The second-order valence-electron chi connectivity index (χ2n) is 18.2. The molecule has 0 radical (unpaired) electrons. The van der Waals surface area contributed by atoms with E-state index in [-0.39, 0.29) is 16.9 Å². The third-order valence-corrected chi connectivity index (χ3v) is 14.1. The topological polar surface area (TPSA) is 70.5 Å². The molecule has 2 heterocycles. The van der Waals surface area contributed by atoms with E-state index in [4.69, 9.17) is 19.7 Å². The number of nitrogens with zero attached hydrogens (tertiary/aromatic N) is 7. The van der Waals surface area contributed by atoms with Gasteiger partial charge in [0, 0.05) is 27.1 Å². The van der Waals surface area contributed by atoms with Crippen molar-refractivity contribution in [3.63, 3.8) is 0 Å². The SMILES string of the molecule is [C-]#[N+]c1ccccc1-c1ccc2c3ccc(-c4ccccc4C#N)cc3n(-c3cc(C(F)(F)F)cc(-n4c5cc(-c6ccccc6[N+]#[C-])ccc5c5ccc(-c6ccccc6[N+]#[C-])cc54)c3-c3cccc(C#N)c3)c2c1. The summed E-state index contributed by atoms with van der Waals surface area (Å²) in [5.41, 5.74) is 9.44. The average molecular weight is 982 g/mol. The Morgan fingerprint density at radius 2 is 0.763 bits per heavy atom. The summed E-state index contributed by atoms with van der Waals surface area (Å²) < 4.78 is 52.4. The van der Waals surface area contributed by atoms with E-state index in [1.54, 1.807) is 72.8 Å². The van der Waals surface area contributed by atoms with Crippen LogP contribution in [0.2, 0.25) is 0 Å². The van der Waals surface area contributed by atoms with Gasteiger partial charge in [-0.3, -0.25) is 0 Å². The number of hydrogen-bond donors (Lipinski definition) is 0. The van der Waals surface area contributed by atoms with E-state index in [2.05, 4.69) is 26.7 Å². The van der Waals surface area contributed by atoms with Gasteiger partial charge in [-0.1, -0.05) is 152 Å². The fourth-order valence-electron chi connectivity index (χ4n) is 10.7. The van der Waals surface area contributed by atoms with Crippen LogP contribution in [0.4, 0.5) is 30.2 Å². The first kappa shape index (κ1) is 46.1. The Kier molecular flexibility index (Phi) is 11.1. The van der Waals surface area contributed by atoms with Crippen LogP contribution in [0.25, 0.3) is 125 Å². The van der Waals surface area contributed by atoms with Crippen molar-refractivity contribution in [1.29, 1.82) is 10.5 Å². The van der Waals surface area contributed by atoms with Gasteiger partial charge in [-0.15, -0.1) is 0 Å². The highest BCUT2D eigenvalue weighted by Gasteiger charge is 2.35. The lowest BCUT2D eigenvalue weighted by Crippen LogP contribution is -2.11. The standard InChI is InChI=1S/C66H34F3N7/c1-72-56-20-9-6-17-49(56)42-24-28-53-52-27-23-41(48-16-5-4-14-46(48)39-71)32-59(52)75(60(53)33-42)63-36-47(66(67,68)69)37-64(65(63)45-15-12-13-40(31-45)38-70)76-61-34-43(50-18-7-10-21-57(50)73-2)25-29-54(61)55-30-26-44(35-62(55)76)51-19-8-11-22-58(51)74-3/h4-37H. The minimum atomic E-state index is -4.90. The Labute approximate surface area is 434 Å². The Morgan fingerprint density at radius 3 is 1.14 bits per heavy atom. The van der Waals surface area contributed by atoms with Crippen molar-refractivity contribution in [3.05, 3.63) is 257 Å². The third kappa shape index (κ3) is 7.57. The molecule has 0 atom stereocenters. The largest absolute Gasteiger partial charge is 0.416 e. The number of hydrogen-bond acceptors (Lipinski definition) is 2. The Balaban J connectivity index is 1.29. The van der Waals surface area contributed by atoms with Gasteiger partial charge in [-0.2, -0.15) is 23.7 Å². The summed E-state index contributed by atoms with van der Waals surface area (Å²) in [6.07, 6.45) is -4.90. The van der Waals surface area contributed by atoms with Gasteiger partial charge in [0.1, 0.15) is 0 Å². The maximum Gasteiger partial charge on any atom is 0.416 e. The molecule has 0 aliphatic rings. The zero-order valence-corrected chi connectivity index (χ0v) is 39.9. The highest BCUT2D eigenvalue weighted by molar-refractivity contribution is 6.14. The molecule has 0 fully saturated rings. The first-order chi connectivity index (χ1) is 37.1. The zero-order chi connectivity index (χ0) is 52.2. The van der Waals surface area contributed by atoms with Gasteiger partial charge >= 0.3 is 6.18 Å². The molecule has 0 saturated heterocycles. The summed E-state index contributed by atoms with van der Waals surface area (Å²) in [6, 6.07) is 65.4. The number of alkyl halides is 3. The van der Waals surface area contributed by atoms with Gasteiger partial charge in [0.2, 0.25) is 0 Å². The second-order valence-corrected chi connectivity index (χ2v) is 18.2. The quantitative estimate of drug-likeness (QED) is 0.149. The van der Waals surface area contributed by atoms with E-state index in [0.29, 0.717) is 100 Å². The van der Waals surface area contributed by atoms with Gasteiger partial charge in [-0.25, -0.2) is 14.5 Å². The minimum absolute atomic E-state index is 0.139. The molecule has 0 spiro atoms. The third-order valence-electron chi connectivity index (χ3n) is 14.1. The van der Waals surface area contributed by atoms with Crippen molar-refractivity contribution < 1.29 is 13.2 Å². The molecule has 0 N–H and O–H groups in total. The molecule has 12 rings (SSSR count). The molecule has 2 aromatic heterocycles. The average Bonchev–Trinajstić information content (AvgIpc) is 4.00. The molecule has 10 aromatic carbocycles. The summed E-state index contributed by atoms with van der Waals surface area (Å²) in [7, 11) is 0. The van der Waals surface area contributed by atoms with Gasteiger partial charge in [-0.05, 0) is 105 Å². The van der Waals surface area contributed by atoms with Crippen molar-refractivity contribution in [2.75, 3.05) is 0 Å². The summed E-state index contributed by atoms with van der Waals surface area (Å²) in [5.74, 6) is 0. The number of halogens is 3. The van der Waals surface area contributed by atoms with Crippen LogP contribution in [0.5, 0.6) is 0 Å². The smallest absolute Gasteiger partial charge is 0.308 e. The molecule has 0 aliphatic carbocycles. The molecule has 354 valence electrons. The van der Waals surface area contributed by atoms with Crippen LogP contribution >= 0.6 is 0 Å². The Morgan fingerprint density at radius 1 is 0.382 bits per heavy atom. The molecule has 0 bridgehead atoms. The number of aromatic nitrogens is 2. The fourth-order valence-corrected chi connectivity index (χ4v) is 10.7. The number of nitriles is 2. The predicted molar refractivity (Wildman–Crippen MR) is 296 cm³/mol. The van der Waals surface area contributed by atoms with Crippen molar-refractivity contribution in [2.24, 2.45) is 0 Å². The van der Waals surface area contributed by atoms with Crippen molar-refractivity contribution in [3.8, 4) is 79.1 Å². The van der Waals surface area contributed by atoms with E-state index in [1.807, 2.05) is 130 Å². The van der Waals surface area contributed by atoms with Crippen molar-refractivity contribution in [1.82, 2.24) is 9.13 Å². The van der Waals surface area contributed by atoms with Crippen molar-refractivity contribution >= 4 is 60.7 Å². The monoisotopic (exact) mass is 981 g/mol. The van der Waals surface area contributed by atoms with Crippen LogP contribution in [0, 0.1) is 42.4 Å². The predicted octanol–water partition coefficient (Wildman–Crippen LogP) is 18.6. The maximum absolute atomic E-state index is 16.2. The van der Waals surface area contributed by atoms with Gasteiger partial charge < -0.3 is 9.13 Å². The lowest BCUT2D eigenvalue weighted by atomic mass is 9.96. The highest BCUT2D eigenvalue weighted by atomic mass is 19.4. The van der Waals surface area contributed by atoms with E-state index in [0.717, 1.165) is 33.7 Å². The van der Waals surface area contributed by atoms with E-state index < -0.39 is 11.7 Å². The van der Waals surface area contributed by atoms with E-state index in [1.165, 1.54) is 0 Å². The highest BCUT2D eigenvalue weighted by Crippen LogP contribution is 2.48. The van der Waals surface area contributed by atoms with Gasteiger partial charge in [0.05, 0.1) is 82.0 Å². The normalized spacial score (nSPS) is 11.3. The first-order valence-corrected chi connectivity index (χ1v) is 23.9. The molecule has 76 heavy (non-hydrogen) atoms. The Hall–Kier alpha value is -11.0. The number of fused-ring (bicyclic) bond motifs is 6. The minimum Gasteiger partial charge on any atom is -0.308 e. The van der Waals surface area contributed by atoms with Crippen LogP contribution in [-0.4, -0.2) is 9.13 Å². The molecule has 0 aliphatic heterocycles. The fraction of sp³-hybridized carbons (Fsp3) is 0.0152. The first-order valence-electron chi connectivity index (χ1n) is 23.9. The molecule has 7 nitrogen and oxygen atoms in total. The van der Waals surface area contributed by atoms with Crippen LogP contribution in [-0.2, 0) is 6.18 Å². The molecular formula is C66H34F3N7. The van der Waals surface area contributed by atoms with Gasteiger partial charge in [0.25, 0.3) is 0 Å². The number of para-hydroxylation sites is 3. The molecule has 10 heteroatoms. The van der Waals surface area contributed by atoms with E-state index >= 15 is 13.2 Å². The molecule has 0 saturated carbocycles. The molecule has 0 unspecified atom stereocenters. The van der Waals surface area contributed by atoms with E-state index in [9.17, 15) is 10.5 Å². The molecular weight excluding hydrogens is 948 g/mol. The van der Waals surface area contributed by atoms with Crippen LogP contribution < -0.4 is 0 Å². The van der Waals surface area contributed by atoms with Gasteiger partial charge in [0.15, 0.2) is 17.1 Å². The lowest BCUT2D eigenvalue weighted by molar-refractivity contribution is -0.137. The molecule has 0 amide bonds. The molecule has 12 aromatic rings. The Bertz CT molecular complexity index is 4170. The zero-order valence-electron chi connectivity index (χ0n) is 39.9. The van der Waals surface area contributed by atoms with Crippen LogP contribution in [0.15, 0.2) is 206 Å². The van der Waals surface area contributed by atoms with Crippen LogP contribution in [0.3, 0.4) is 0 Å². The lowest BCUT2D eigenvalue weighted by Gasteiger charge is -2.23. The second kappa shape index (κ2) is 18.3. The summed E-state index contributed by atoms with van der Waals surface area (Å²) >= 11 is 0. The maximum atomic E-state index is 16.2. The number of rotatable bonds is 7.